The summed E-state index contributed by atoms with van der Waals surface area (Å²) in [6, 6.07) is 0. The maximum absolute atomic E-state index is 2.45. The molecule has 92 valence electrons. The van der Waals surface area contributed by atoms with Crippen molar-refractivity contribution in [3.8, 4) is 0 Å². The number of allylic oxidation sites excluding steroid dienone is 8. The zero-order valence-corrected chi connectivity index (χ0v) is 11.0. The van der Waals surface area contributed by atoms with Gasteiger partial charge in [-0.1, -0.05) is 56.2 Å². The van der Waals surface area contributed by atoms with Gasteiger partial charge in [-0.2, -0.15) is 0 Å². The fraction of sp³-hybridized carbons (Fsp3) is 0.529. The van der Waals surface area contributed by atoms with Crippen LogP contribution < -0.4 is 0 Å². The fourth-order valence-corrected chi connectivity index (χ4v) is 2.72. The lowest BCUT2D eigenvalue weighted by Crippen LogP contribution is -2.08. The summed E-state index contributed by atoms with van der Waals surface area (Å²) in [6.45, 7) is 2.28. The minimum atomic E-state index is 0.656. The van der Waals surface area contributed by atoms with Crippen molar-refractivity contribution in [1.29, 1.82) is 0 Å². The molecule has 0 aliphatic heterocycles. The Kier molecular flexibility index (Phi) is 4.85. The number of unbranched alkanes of at least 4 members (excludes halogenated alkanes) is 1. The molecule has 0 heteroatoms. The first-order valence-electron chi connectivity index (χ1n) is 7.15. The molecule has 0 atom stereocenters. The van der Waals surface area contributed by atoms with Crippen molar-refractivity contribution in [2.45, 2.75) is 51.9 Å². The molecule has 0 spiro atoms. The van der Waals surface area contributed by atoms with Gasteiger partial charge in [0.05, 0.1) is 0 Å². The van der Waals surface area contributed by atoms with Gasteiger partial charge in [0.1, 0.15) is 0 Å². The van der Waals surface area contributed by atoms with E-state index in [1.54, 1.807) is 11.1 Å². The van der Waals surface area contributed by atoms with Crippen LogP contribution in [-0.4, -0.2) is 0 Å². The van der Waals surface area contributed by atoms with E-state index in [1.807, 2.05) is 0 Å². The molecule has 2 aliphatic carbocycles. The average molecular weight is 228 g/mol. The van der Waals surface area contributed by atoms with E-state index < -0.39 is 0 Å². The van der Waals surface area contributed by atoms with Gasteiger partial charge < -0.3 is 0 Å². The molecule has 0 fully saturated rings. The van der Waals surface area contributed by atoms with E-state index in [0.29, 0.717) is 5.92 Å². The minimum Gasteiger partial charge on any atom is -0.0839 e. The van der Waals surface area contributed by atoms with E-state index in [2.05, 4.69) is 43.4 Å². The average Bonchev–Trinajstić information content (AvgIpc) is 2.42. The Balaban J connectivity index is 2.12. The summed E-state index contributed by atoms with van der Waals surface area (Å²) in [4.78, 5) is 0. The quantitative estimate of drug-likeness (QED) is 0.595. The van der Waals surface area contributed by atoms with Gasteiger partial charge in [-0.15, -0.1) is 0 Å². The molecule has 2 rings (SSSR count). The second-order valence-electron chi connectivity index (χ2n) is 5.06. The zero-order valence-electron chi connectivity index (χ0n) is 11.0. The summed E-state index contributed by atoms with van der Waals surface area (Å²) in [5.41, 5.74) is 3.12. The molecule has 17 heavy (non-hydrogen) atoms. The largest absolute Gasteiger partial charge is 0.0839 e. The number of hydrogen-bond acceptors (Lipinski definition) is 0. The third-order valence-corrected chi connectivity index (χ3v) is 3.70. The standard InChI is InChI=1S/C17H24/c1-2-3-14-17(15-10-6-4-7-11-15)16-12-8-5-9-13-16/h6,8,10-13,17H,2-5,7,9,14H2,1H3. The van der Waals surface area contributed by atoms with Crippen LogP contribution in [-0.2, 0) is 0 Å². The van der Waals surface area contributed by atoms with Gasteiger partial charge >= 0.3 is 0 Å². The molecule has 2 aliphatic rings. The first-order valence-corrected chi connectivity index (χ1v) is 7.15. The third kappa shape index (κ3) is 3.46. The predicted molar refractivity (Wildman–Crippen MR) is 75.9 cm³/mol. The predicted octanol–water partition coefficient (Wildman–Crippen LogP) is 5.35. The smallest absolute Gasteiger partial charge is 0.00828 e. The molecular formula is C17H24. The maximum atomic E-state index is 2.45. The molecule has 0 aromatic rings. The Morgan fingerprint density at radius 1 is 0.941 bits per heavy atom. The van der Waals surface area contributed by atoms with Gasteiger partial charge in [-0.05, 0) is 43.3 Å². The molecule has 0 radical (unpaired) electrons. The van der Waals surface area contributed by atoms with Gasteiger partial charge in [0.15, 0.2) is 0 Å². The molecule has 0 N–H and O–H groups in total. The van der Waals surface area contributed by atoms with Gasteiger partial charge in [0, 0.05) is 5.92 Å². The van der Waals surface area contributed by atoms with Crippen LogP contribution in [0.3, 0.4) is 0 Å². The molecule has 0 nitrogen and oxygen atoms in total. The van der Waals surface area contributed by atoms with Crippen LogP contribution in [0.15, 0.2) is 47.6 Å². The van der Waals surface area contributed by atoms with Crippen LogP contribution >= 0.6 is 0 Å². The Bertz CT molecular complexity index is 320. The van der Waals surface area contributed by atoms with Gasteiger partial charge in [-0.3, -0.25) is 0 Å². The number of hydrogen-bond donors (Lipinski definition) is 0. The Morgan fingerprint density at radius 3 is 1.94 bits per heavy atom. The highest BCUT2D eigenvalue weighted by Crippen LogP contribution is 2.32. The van der Waals surface area contributed by atoms with Crippen LogP contribution in [0.4, 0.5) is 0 Å². The second kappa shape index (κ2) is 6.64. The molecule has 0 saturated carbocycles. The highest BCUT2D eigenvalue weighted by atomic mass is 14.2. The SMILES string of the molecule is CCCCC(C1=CCCC=C1)C1=CCCC=C1. The van der Waals surface area contributed by atoms with Crippen molar-refractivity contribution in [2.75, 3.05) is 0 Å². The lowest BCUT2D eigenvalue weighted by Gasteiger charge is -2.23. The molecule has 0 aromatic heterocycles. The van der Waals surface area contributed by atoms with E-state index in [4.69, 9.17) is 0 Å². The second-order valence-corrected chi connectivity index (χ2v) is 5.06. The van der Waals surface area contributed by atoms with Crippen molar-refractivity contribution in [3.63, 3.8) is 0 Å². The maximum Gasteiger partial charge on any atom is 0.00828 e. The fourth-order valence-electron chi connectivity index (χ4n) is 2.72. The van der Waals surface area contributed by atoms with Crippen LogP contribution in [0.1, 0.15) is 51.9 Å². The topological polar surface area (TPSA) is 0 Å². The molecule has 0 saturated heterocycles. The van der Waals surface area contributed by atoms with Crippen LogP contribution in [0, 0.1) is 5.92 Å². The lowest BCUT2D eigenvalue weighted by molar-refractivity contribution is 0.602. The van der Waals surface area contributed by atoms with E-state index in [1.165, 1.54) is 44.9 Å². The van der Waals surface area contributed by atoms with E-state index in [0.717, 1.165) is 0 Å². The monoisotopic (exact) mass is 228 g/mol. The van der Waals surface area contributed by atoms with Crippen molar-refractivity contribution in [2.24, 2.45) is 5.92 Å². The summed E-state index contributed by atoms with van der Waals surface area (Å²) in [6.07, 6.45) is 23.1. The Morgan fingerprint density at radius 2 is 1.53 bits per heavy atom. The van der Waals surface area contributed by atoms with E-state index in [-0.39, 0.29) is 0 Å². The summed E-state index contributed by atoms with van der Waals surface area (Å²) in [5.74, 6) is 0.656. The molecular weight excluding hydrogens is 204 g/mol. The highest BCUT2D eigenvalue weighted by molar-refractivity contribution is 5.37. The molecule has 0 bridgehead atoms. The first-order chi connectivity index (χ1) is 8.42. The molecule has 0 heterocycles. The zero-order chi connectivity index (χ0) is 11.9. The van der Waals surface area contributed by atoms with Crippen molar-refractivity contribution < 1.29 is 0 Å². The van der Waals surface area contributed by atoms with Gasteiger partial charge in [0.25, 0.3) is 0 Å². The molecule has 0 amide bonds. The summed E-state index contributed by atoms with van der Waals surface area (Å²) in [5, 5.41) is 0. The third-order valence-electron chi connectivity index (χ3n) is 3.70. The highest BCUT2D eigenvalue weighted by Gasteiger charge is 2.17. The van der Waals surface area contributed by atoms with Crippen LogP contribution in [0.5, 0.6) is 0 Å². The number of rotatable bonds is 5. The van der Waals surface area contributed by atoms with E-state index in [9.17, 15) is 0 Å². The van der Waals surface area contributed by atoms with Crippen LogP contribution in [0.2, 0.25) is 0 Å². The Hall–Kier alpha value is -1.04. The molecule has 0 aromatic carbocycles. The van der Waals surface area contributed by atoms with Gasteiger partial charge in [0.2, 0.25) is 0 Å². The Labute approximate surface area is 106 Å². The minimum absolute atomic E-state index is 0.656. The van der Waals surface area contributed by atoms with E-state index >= 15 is 0 Å². The van der Waals surface area contributed by atoms with Crippen molar-refractivity contribution >= 4 is 0 Å². The summed E-state index contributed by atoms with van der Waals surface area (Å²) < 4.78 is 0. The lowest BCUT2D eigenvalue weighted by atomic mass is 9.82. The summed E-state index contributed by atoms with van der Waals surface area (Å²) >= 11 is 0. The van der Waals surface area contributed by atoms with Crippen LogP contribution in [0.25, 0.3) is 0 Å². The van der Waals surface area contributed by atoms with Gasteiger partial charge in [-0.25, -0.2) is 0 Å². The van der Waals surface area contributed by atoms with Crippen molar-refractivity contribution in [1.82, 2.24) is 0 Å². The summed E-state index contributed by atoms with van der Waals surface area (Å²) in [7, 11) is 0. The van der Waals surface area contributed by atoms with Crippen molar-refractivity contribution in [3.05, 3.63) is 47.6 Å². The normalized spacial score (nSPS) is 19.4. The first kappa shape index (κ1) is 12.4. The molecule has 0 unspecified atom stereocenters.